The highest BCUT2D eigenvalue weighted by Crippen LogP contribution is 2.21. The van der Waals surface area contributed by atoms with Crippen molar-refractivity contribution in [2.75, 3.05) is 26.0 Å². The van der Waals surface area contributed by atoms with Gasteiger partial charge in [-0.1, -0.05) is 18.2 Å². The van der Waals surface area contributed by atoms with Gasteiger partial charge in [0.1, 0.15) is 5.82 Å². The molecule has 1 heterocycles. The van der Waals surface area contributed by atoms with Gasteiger partial charge in [0, 0.05) is 29.5 Å². The molecule has 4 rings (SSSR count). The third-order valence-electron chi connectivity index (χ3n) is 5.54. The lowest BCUT2D eigenvalue weighted by Gasteiger charge is -2.11. The van der Waals surface area contributed by atoms with Gasteiger partial charge in [0.15, 0.2) is 0 Å². The fraction of sp³-hybridized carbons (Fsp3) is 0.222. The predicted octanol–water partition coefficient (Wildman–Crippen LogP) is 5.58. The number of aryl methyl sites for hydroxylation is 1. The van der Waals surface area contributed by atoms with E-state index in [4.69, 9.17) is 0 Å². The van der Waals surface area contributed by atoms with Crippen molar-refractivity contribution in [3.63, 3.8) is 0 Å². The van der Waals surface area contributed by atoms with Crippen molar-refractivity contribution < 1.29 is 9.18 Å². The fourth-order valence-electron chi connectivity index (χ4n) is 3.91. The Kier molecular flexibility index (Phi) is 6.66. The Morgan fingerprint density at radius 2 is 1.75 bits per heavy atom. The van der Waals surface area contributed by atoms with Crippen LogP contribution >= 0.6 is 0 Å². The van der Waals surface area contributed by atoms with E-state index in [1.807, 2.05) is 18.2 Å². The van der Waals surface area contributed by atoms with E-state index in [9.17, 15) is 9.18 Å². The number of aromatic nitrogens is 1. The van der Waals surface area contributed by atoms with Crippen LogP contribution in [0.15, 0.2) is 79.0 Å². The van der Waals surface area contributed by atoms with Gasteiger partial charge >= 0.3 is 0 Å². The number of hydrogen-bond donors (Lipinski definition) is 1. The molecule has 164 valence electrons. The van der Waals surface area contributed by atoms with Crippen molar-refractivity contribution in [3.05, 3.63) is 102 Å². The second-order valence-electron chi connectivity index (χ2n) is 8.40. The summed E-state index contributed by atoms with van der Waals surface area (Å²) < 4.78 is 15.4. The quantitative estimate of drug-likeness (QED) is 0.397. The van der Waals surface area contributed by atoms with Crippen molar-refractivity contribution in [1.29, 1.82) is 0 Å². The molecule has 0 aliphatic rings. The number of carbonyl (C=O) groups excluding carboxylic acids is 1. The van der Waals surface area contributed by atoms with E-state index in [2.05, 4.69) is 59.3 Å². The molecule has 0 unspecified atom stereocenters. The summed E-state index contributed by atoms with van der Waals surface area (Å²) in [6, 6.07) is 22.1. The molecule has 5 heteroatoms. The van der Waals surface area contributed by atoms with E-state index in [0.29, 0.717) is 11.3 Å². The molecule has 3 aromatic carbocycles. The van der Waals surface area contributed by atoms with Crippen LogP contribution in [0.1, 0.15) is 27.9 Å². The zero-order chi connectivity index (χ0) is 22.5. The van der Waals surface area contributed by atoms with Gasteiger partial charge in [-0.3, -0.25) is 4.79 Å². The number of nitrogens with zero attached hydrogens (tertiary/aromatic N) is 2. The third kappa shape index (κ3) is 5.42. The summed E-state index contributed by atoms with van der Waals surface area (Å²) in [5.41, 5.74) is 4.68. The largest absolute Gasteiger partial charge is 0.347 e. The standard InChI is InChI=1S/C27H28FN3O/c1-30(2)14-4-15-31-16-13-22-18-21(7-12-26(22)31)17-20-5-3-6-23(19-20)27(32)29-25-10-8-24(28)9-11-25/h3,5-13,16,18-19H,4,14-15,17H2,1-2H3,(H,29,32). The fourth-order valence-corrected chi connectivity index (χ4v) is 3.91. The van der Waals surface area contributed by atoms with E-state index >= 15 is 0 Å². The molecule has 0 radical (unpaired) electrons. The van der Waals surface area contributed by atoms with Gasteiger partial charge in [-0.05, 0) is 105 Å². The molecule has 4 aromatic rings. The van der Waals surface area contributed by atoms with Crippen LogP contribution in [0.25, 0.3) is 10.9 Å². The molecule has 4 nitrogen and oxygen atoms in total. The third-order valence-corrected chi connectivity index (χ3v) is 5.54. The Labute approximate surface area is 188 Å². The summed E-state index contributed by atoms with van der Waals surface area (Å²) in [4.78, 5) is 14.8. The average molecular weight is 430 g/mol. The van der Waals surface area contributed by atoms with Crippen LogP contribution in [-0.4, -0.2) is 36.0 Å². The Morgan fingerprint density at radius 1 is 0.969 bits per heavy atom. The van der Waals surface area contributed by atoms with Gasteiger partial charge in [-0.15, -0.1) is 0 Å². The van der Waals surface area contributed by atoms with Crippen molar-refractivity contribution in [2.45, 2.75) is 19.4 Å². The molecule has 0 saturated carbocycles. The Bertz CT molecular complexity index is 1210. The number of carbonyl (C=O) groups is 1. The lowest BCUT2D eigenvalue weighted by atomic mass is 10.0. The van der Waals surface area contributed by atoms with Gasteiger partial charge < -0.3 is 14.8 Å². The maximum absolute atomic E-state index is 13.1. The second-order valence-corrected chi connectivity index (χ2v) is 8.40. The number of fused-ring (bicyclic) bond motifs is 1. The minimum absolute atomic E-state index is 0.205. The van der Waals surface area contributed by atoms with E-state index in [-0.39, 0.29) is 11.7 Å². The Hall–Kier alpha value is -3.44. The molecule has 1 amide bonds. The molecule has 0 spiro atoms. The van der Waals surface area contributed by atoms with E-state index in [1.165, 1.54) is 28.6 Å². The number of hydrogen-bond acceptors (Lipinski definition) is 2. The molecule has 32 heavy (non-hydrogen) atoms. The maximum Gasteiger partial charge on any atom is 0.255 e. The van der Waals surface area contributed by atoms with Gasteiger partial charge in [-0.2, -0.15) is 0 Å². The van der Waals surface area contributed by atoms with Crippen LogP contribution < -0.4 is 5.32 Å². The lowest BCUT2D eigenvalue weighted by Crippen LogP contribution is -2.14. The summed E-state index contributed by atoms with van der Waals surface area (Å²) in [6.07, 6.45) is 4.02. The van der Waals surface area contributed by atoms with E-state index in [1.54, 1.807) is 18.2 Å². The van der Waals surface area contributed by atoms with Gasteiger partial charge in [0.25, 0.3) is 5.91 Å². The first-order valence-electron chi connectivity index (χ1n) is 10.9. The van der Waals surface area contributed by atoms with E-state index < -0.39 is 0 Å². The highest BCUT2D eigenvalue weighted by atomic mass is 19.1. The topological polar surface area (TPSA) is 37.3 Å². The predicted molar refractivity (Wildman–Crippen MR) is 129 cm³/mol. The van der Waals surface area contributed by atoms with Gasteiger partial charge in [0.2, 0.25) is 0 Å². The molecule has 0 bridgehead atoms. The average Bonchev–Trinajstić information content (AvgIpc) is 3.17. The number of amides is 1. The number of nitrogens with one attached hydrogen (secondary N) is 1. The molecule has 0 saturated heterocycles. The van der Waals surface area contributed by atoms with Crippen LogP contribution in [0.5, 0.6) is 0 Å². The number of benzene rings is 3. The highest BCUT2D eigenvalue weighted by molar-refractivity contribution is 6.04. The van der Waals surface area contributed by atoms with Crippen molar-refractivity contribution in [1.82, 2.24) is 9.47 Å². The van der Waals surface area contributed by atoms with Crippen LogP contribution in [0, 0.1) is 5.82 Å². The van der Waals surface area contributed by atoms with Crippen LogP contribution in [-0.2, 0) is 13.0 Å². The molecular formula is C27H28FN3O. The first-order chi connectivity index (χ1) is 15.5. The molecule has 0 aliphatic carbocycles. The van der Waals surface area contributed by atoms with Crippen LogP contribution in [0.4, 0.5) is 10.1 Å². The number of anilines is 1. The van der Waals surface area contributed by atoms with Crippen LogP contribution in [0.3, 0.4) is 0 Å². The van der Waals surface area contributed by atoms with Crippen LogP contribution in [0.2, 0.25) is 0 Å². The monoisotopic (exact) mass is 429 g/mol. The first-order valence-corrected chi connectivity index (χ1v) is 10.9. The summed E-state index contributed by atoms with van der Waals surface area (Å²) in [5, 5.41) is 4.05. The minimum atomic E-state index is -0.328. The van der Waals surface area contributed by atoms with Crippen molar-refractivity contribution in [3.8, 4) is 0 Å². The molecule has 0 fully saturated rings. The summed E-state index contributed by atoms with van der Waals surface area (Å²) >= 11 is 0. The van der Waals surface area contributed by atoms with Gasteiger partial charge in [-0.25, -0.2) is 4.39 Å². The second kappa shape index (κ2) is 9.79. The number of halogens is 1. The summed E-state index contributed by atoms with van der Waals surface area (Å²) in [6.45, 7) is 2.08. The van der Waals surface area contributed by atoms with Crippen molar-refractivity contribution in [2.24, 2.45) is 0 Å². The molecule has 1 aromatic heterocycles. The molecule has 0 aliphatic heterocycles. The molecule has 0 atom stereocenters. The number of rotatable bonds is 8. The molecule has 1 N–H and O–H groups in total. The van der Waals surface area contributed by atoms with Crippen molar-refractivity contribution >= 4 is 22.5 Å². The summed E-state index contributed by atoms with van der Waals surface area (Å²) in [7, 11) is 4.20. The molecular weight excluding hydrogens is 401 g/mol. The smallest absolute Gasteiger partial charge is 0.255 e. The highest BCUT2D eigenvalue weighted by Gasteiger charge is 2.09. The van der Waals surface area contributed by atoms with Gasteiger partial charge in [0.05, 0.1) is 0 Å². The normalized spacial score (nSPS) is 11.2. The SMILES string of the molecule is CN(C)CCCn1ccc2cc(Cc3cccc(C(=O)Nc4ccc(F)cc4)c3)ccc21. The maximum atomic E-state index is 13.1. The zero-order valence-electron chi connectivity index (χ0n) is 18.5. The zero-order valence-corrected chi connectivity index (χ0v) is 18.5. The summed E-state index contributed by atoms with van der Waals surface area (Å²) in [5.74, 6) is -0.533. The van der Waals surface area contributed by atoms with E-state index in [0.717, 1.165) is 31.5 Å². The Morgan fingerprint density at radius 3 is 2.53 bits per heavy atom. The Balaban J connectivity index is 1.44. The minimum Gasteiger partial charge on any atom is -0.347 e. The lowest BCUT2D eigenvalue weighted by molar-refractivity contribution is 0.102. The first kappa shape index (κ1) is 21.8.